The van der Waals surface area contributed by atoms with Gasteiger partial charge in [0.1, 0.15) is 0 Å². The van der Waals surface area contributed by atoms with Gasteiger partial charge in [0.2, 0.25) is 0 Å². The van der Waals surface area contributed by atoms with Crippen LogP contribution in [0.15, 0.2) is 53.1 Å². The van der Waals surface area contributed by atoms with Crippen LogP contribution in [0.1, 0.15) is 25.0 Å². The largest absolute Gasteiger partial charge is 0.355 e. The summed E-state index contributed by atoms with van der Waals surface area (Å²) in [6.45, 7) is 5.43. The van der Waals surface area contributed by atoms with Gasteiger partial charge < -0.3 is 10.2 Å². The lowest BCUT2D eigenvalue weighted by Crippen LogP contribution is -2.10. The molecule has 0 saturated carbocycles. The fraction of sp³-hybridized carbons (Fsp3) is 0.318. The van der Waals surface area contributed by atoms with Gasteiger partial charge in [-0.2, -0.15) is 0 Å². The number of pyridine rings is 1. The van der Waals surface area contributed by atoms with E-state index in [4.69, 9.17) is 0 Å². The Hall–Kier alpha value is -1.91. The lowest BCUT2D eigenvalue weighted by atomic mass is 10.00. The second-order valence-electron chi connectivity index (χ2n) is 7.48. The first kappa shape index (κ1) is 18.9. The molecule has 0 aliphatic rings. The van der Waals surface area contributed by atoms with E-state index in [-0.39, 0.29) is 0 Å². The zero-order valence-corrected chi connectivity index (χ0v) is 17.5. The summed E-state index contributed by atoms with van der Waals surface area (Å²) in [4.78, 5) is 6.84. The third kappa shape index (κ3) is 4.63. The van der Waals surface area contributed by atoms with Crippen molar-refractivity contribution in [2.75, 3.05) is 19.4 Å². The van der Waals surface area contributed by atoms with Gasteiger partial charge in [0, 0.05) is 28.3 Å². The Balaban J connectivity index is 2.00. The van der Waals surface area contributed by atoms with Crippen LogP contribution in [-0.4, -0.2) is 24.0 Å². The maximum absolute atomic E-state index is 4.66. The summed E-state index contributed by atoms with van der Waals surface area (Å²) < 4.78 is 1.07. The molecular formula is C22H26BrN3. The molecule has 0 radical (unpaired) electrons. The molecule has 2 aromatic carbocycles. The SMILES string of the molecule is CC(C)Cc1cnc2ccc(Br)cc2c1Nc1ccc(CN(C)C)cc1. The minimum atomic E-state index is 0.574. The molecule has 3 nitrogen and oxygen atoms in total. The summed E-state index contributed by atoms with van der Waals surface area (Å²) in [7, 11) is 4.18. The van der Waals surface area contributed by atoms with Gasteiger partial charge in [0.25, 0.3) is 0 Å². The van der Waals surface area contributed by atoms with Gasteiger partial charge in [0.15, 0.2) is 0 Å². The topological polar surface area (TPSA) is 28.2 Å². The summed E-state index contributed by atoms with van der Waals surface area (Å²) in [5, 5.41) is 4.80. The van der Waals surface area contributed by atoms with E-state index in [0.717, 1.165) is 39.7 Å². The Bertz CT molecular complexity index is 886. The van der Waals surface area contributed by atoms with Gasteiger partial charge in [-0.25, -0.2) is 0 Å². The highest BCUT2D eigenvalue weighted by Gasteiger charge is 2.11. The molecule has 1 N–H and O–H groups in total. The van der Waals surface area contributed by atoms with Crippen molar-refractivity contribution in [1.82, 2.24) is 9.88 Å². The van der Waals surface area contributed by atoms with Crippen molar-refractivity contribution in [1.29, 1.82) is 0 Å². The highest BCUT2D eigenvalue weighted by molar-refractivity contribution is 9.10. The molecule has 3 rings (SSSR count). The van der Waals surface area contributed by atoms with Crippen molar-refractivity contribution >= 4 is 38.2 Å². The van der Waals surface area contributed by atoms with E-state index in [1.54, 1.807) is 0 Å². The molecule has 4 heteroatoms. The Morgan fingerprint density at radius 2 is 1.81 bits per heavy atom. The maximum atomic E-state index is 4.66. The van der Waals surface area contributed by atoms with Crippen LogP contribution in [0.2, 0.25) is 0 Å². The summed E-state index contributed by atoms with van der Waals surface area (Å²) in [6.07, 6.45) is 3.01. The molecule has 0 fully saturated rings. The summed E-state index contributed by atoms with van der Waals surface area (Å²) in [5.74, 6) is 0.574. The zero-order valence-electron chi connectivity index (χ0n) is 15.9. The zero-order chi connectivity index (χ0) is 18.7. The molecule has 0 aliphatic heterocycles. The molecule has 0 atom stereocenters. The molecule has 0 amide bonds. The lowest BCUT2D eigenvalue weighted by molar-refractivity contribution is 0.402. The molecule has 1 aromatic heterocycles. The van der Waals surface area contributed by atoms with Gasteiger partial charge in [0.05, 0.1) is 11.2 Å². The first-order valence-corrected chi connectivity index (χ1v) is 9.79. The van der Waals surface area contributed by atoms with Crippen LogP contribution in [0.5, 0.6) is 0 Å². The van der Waals surface area contributed by atoms with Crippen LogP contribution in [0.25, 0.3) is 10.9 Å². The van der Waals surface area contributed by atoms with Crippen LogP contribution >= 0.6 is 15.9 Å². The highest BCUT2D eigenvalue weighted by Crippen LogP contribution is 2.32. The van der Waals surface area contributed by atoms with Crippen molar-refractivity contribution in [3.63, 3.8) is 0 Å². The van der Waals surface area contributed by atoms with Gasteiger partial charge in [-0.15, -0.1) is 0 Å². The van der Waals surface area contributed by atoms with Crippen LogP contribution < -0.4 is 5.32 Å². The Kier molecular flexibility index (Phi) is 5.94. The first-order valence-electron chi connectivity index (χ1n) is 9.00. The molecule has 26 heavy (non-hydrogen) atoms. The summed E-state index contributed by atoms with van der Waals surface area (Å²) in [6, 6.07) is 14.9. The van der Waals surface area contributed by atoms with Crippen molar-refractivity contribution in [2.24, 2.45) is 5.92 Å². The average Bonchev–Trinajstić information content (AvgIpc) is 2.58. The summed E-state index contributed by atoms with van der Waals surface area (Å²) in [5.41, 5.74) is 5.83. The fourth-order valence-electron chi connectivity index (χ4n) is 3.15. The molecule has 0 spiro atoms. The quantitative estimate of drug-likeness (QED) is 0.538. The molecule has 0 unspecified atom stereocenters. The van der Waals surface area contributed by atoms with Crippen LogP contribution in [0.4, 0.5) is 11.4 Å². The molecule has 0 bridgehead atoms. The Morgan fingerprint density at radius 3 is 2.46 bits per heavy atom. The van der Waals surface area contributed by atoms with Crippen molar-refractivity contribution in [3.8, 4) is 0 Å². The number of rotatable bonds is 6. The predicted octanol–water partition coefficient (Wildman–Crippen LogP) is 6.00. The van der Waals surface area contributed by atoms with E-state index in [2.05, 4.69) is 95.5 Å². The molecule has 1 heterocycles. The second-order valence-corrected chi connectivity index (χ2v) is 8.39. The van der Waals surface area contributed by atoms with Gasteiger partial charge in [-0.1, -0.05) is 41.9 Å². The van der Waals surface area contributed by atoms with Gasteiger partial charge >= 0.3 is 0 Å². The van der Waals surface area contributed by atoms with Crippen molar-refractivity contribution in [2.45, 2.75) is 26.8 Å². The predicted molar refractivity (Wildman–Crippen MR) is 115 cm³/mol. The lowest BCUT2D eigenvalue weighted by Gasteiger charge is -2.17. The monoisotopic (exact) mass is 411 g/mol. The van der Waals surface area contributed by atoms with Crippen LogP contribution in [0, 0.1) is 5.92 Å². The number of nitrogens with one attached hydrogen (secondary N) is 1. The van der Waals surface area contributed by atoms with Gasteiger partial charge in [-0.3, -0.25) is 4.98 Å². The average molecular weight is 412 g/mol. The van der Waals surface area contributed by atoms with Crippen molar-refractivity contribution in [3.05, 3.63) is 64.3 Å². The van der Waals surface area contributed by atoms with E-state index in [1.807, 2.05) is 12.3 Å². The standard InChI is InChI=1S/C22H26BrN3/c1-15(2)11-17-13-24-21-10-7-18(23)12-20(21)22(17)25-19-8-5-16(6-9-19)14-26(3)4/h5-10,12-13,15H,11,14H2,1-4H3,(H,24,25). The van der Waals surface area contributed by atoms with Crippen LogP contribution in [-0.2, 0) is 13.0 Å². The van der Waals surface area contributed by atoms with Crippen LogP contribution in [0.3, 0.4) is 0 Å². The number of benzene rings is 2. The number of halogens is 1. The molecule has 136 valence electrons. The first-order chi connectivity index (χ1) is 12.4. The minimum Gasteiger partial charge on any atom is -0.355 e. The molecular weight excluding hydrogens is 386 g/mol. The van der Waals surface area contributed by atoms with E-state index in [1.165, 1.54) is 11.1 Å². The van der Waals surface area contributed by atoms with E-state index in [0.29, 0.717) is 5.92 Å². The van der Waals surface area contributed by atoms with E-state index < -0.39 is 0 Å². The maximum Gasteiger partial charge on any atom is 0.0723 e. The van der Waals surface area contributed by atoms with E-state index >= 15 is 0 Å². The number of hydrogen-bond acceptors (Lipinski definition) is 3. The number of hydrogen-bond donors (Lipinski definition) is 1. The second kappa shape index (κ2) is 8.19. The number of anilines is 2. The third-order valence-electron chi connectivity index (χ3n) is 4.26. The Morgan fingerprint density at radius 1 is 1.08 bits per heavy atom. The number of nitrogens with zero attached hydrogens (tertiary/aromatic N) is 2. The smallest absolute Gasteiger partial charge is 0.0723 e. The summed E-state index contributed by atoms with van der Waals surface area (Å²) >= 11 is 3.60. The number of fused-ring (bicyclic) bond motifs is 1. The van der Waals surface area contributed by atoms with E-state index in [9.17, 15) is 0 Å². The molecule has 0 aliphatic carbocycles. The Labute approximate surface area is 164 Å². The van der Waals surface area contributed by atoms with Crippen molar-refractivity contribution < 1.29 is 0 Å². The molecule has 3 aromatic rings. The highest BCUT2D eigenvalue weighted by atomic mass is 79.9. The molecule has 0 saturated heterocycles. The third-order valence-corrected chi connectivity index (χ3v) is 4.75. The number of aromatic nitrogens is 1. The minimum absolute atomic E-state index is 0.574. The normalized spacial score (nSPS) is 11.5. The van der Waals surface area contributed by atoms with Gasteiger partial charge in [-0.05, 0) is 67.9 Å². The fourth-order valence-corrected chi connectivity index (χ4v) is 3.51.